The van der Waals surface area contributed by atoms with Crippen LogP contribution in [-0.4, -0.2) is 13.7 Å². The van der Waals surface area contributed by atoms with Gasteiger partial charge in [0.1, 0.15) is 0 Å². The number of hydrogen-bond donors (Lipinski definition) is 0. The summed E-state index contributed by atoms with van der Waals surface area (Å²) in [5.41, 5.74) is 16.6. The van der Waals surface area contributed by atoms with Crippen LogP contribution in [0.2, 0.25) is 0 Å². The van der Waals surface area contributed by atoms with E-state index in [0.29, 0.717) is 11.3 Å². The van der Waals surface area contributed by atoms with E-state index >= 15 is 0 Å². The van der Waals surface area contributed by atoms with Gasteiger partial charge >= 0.3 is 0 Å². The number of fused-ring (bicyclic) bond motifs is 10. The molecule has 13 rings (SSSR count). The number of para-hydroxylation sites is 4. The molecule has 0 saturated carbocycles. The van der Waals surface area contributed by atoms with Gasteiger partial charge < -0.3 is 13.7 Å². The quantitative estimate of drug-likeness (QED) is 0.154. The molecule has 0 fully saturated rings. The maximum Gasteiger partial charge on any atom is 0.194 e. The van der Waals surface area contributed by atoms with Gasteiger partial charge in [-0.05, 0) is 95.1 Å². The molecule has 3 heterocycles. The van der Waals surface area contributed by atoms with Crippen LogP contribution in [-0.2, 0) is 0 Å². The fourth-order valence-electron chi connectivity index (χ4n) is 10.6. The summed E-state index contributed by atoms with van der Waals surface area (Å²) in [6.07, 6.45) is 0. The van der Waals surface area contributed by atoms with Crippen molar-refractivity contribution in [2.75, 3.05) is 0 Å². The zero-order valence-corrected chi connectivity index (χ0v) is 36.1. The molecule has 5 heteroatoms. The smallest absolute Gasteiger partial charge is 0.194 e. The normalized spacial score (nSPS) is 11.6. The summed E-state index contributed by atoms with van der Waals surface area (Å²) in [5.74, 6) is 0. The maximum atomic E-state index is 10.1. The first-order chi connectivity index (χ1) is 33.2. The van der Waals surface area contributed by atoms with Crippen molar-refractivity contribution in [3.8, 4) is 56.5 Å². The van der Waals surface area contributed by atoms with Crippen molar-refractivity contribution in [1.82, 2.24) is 13.7 Å². The molecule has 0 amide bonds. The SMILES string of the molecule is [C-]#[N+]c1ccc(C#N)cc1-c1cc(-c2ccccc2)c(-n2c3ccc(-n4c5ccccc5c5ccccc54)cc3c3ccc4c(c5ccccc5n4-c4ccccc4)c32)c(-c2ccccc2)c1. The fraction of sp³-hybridized carbons (Fsp3) is 0. The van der Waals surface area contributed by atoms with Crippen molar-refractivity contribution in [2.45, 2.75) is 0 Å². The molecular weight excluding hydrogens is 815 g/mol. The van der Waals surface area contributed by atoms with Gasteiger partial charge in [0.2, 0.25) is 0 Å². The van der Waals surface area contributed by atoms with E-state index in [1.54, 1.807) is 12.1 Å². The predicted molar refractivity (Wildman–Crippen MR) is 277 cm³/mol. The standard InChI is InChI=1S/C62H37N5/c1-64-54-32-29-40(39-63)35-50(54)43-36-51(41-17-5-2-6-18-41)61(52(37-43)42-19-7-3-8-20-42)67-58-33-30-45(66-55-26-14-11-23-46(55)47-24-12-15-27-56(47)66)38-53(58)48-31-34-59-60(62(48)67)49-25-13-16-28-57(49)65(59)44-21-9-4-10-22-44/h2-38H. The highest BCUT2D eigenvalue weighted by Gasteiger charge is 2.26. The Kier molecular flexibility index (Phi) is 8.58. The van der Waals surface area contributed by atoms with Crippen molar-refractivity contribution >= 4 is 71.1 Å². The van der Waals surface area contributed by atoms with Crippen molar-refractivity contribution in [2.24, 2.45) is 0 Å². The first kappa shape index (κ1) is 38.1. The van der Waals surface area contributed by atoms with Crippen LogP contribution in [0.3, 0.4) is 0 Å². The first-order valence-electron chi connectivity index (χ1n) is 22.4. The zero-order chi connectivity index (χ0) is 44.6. The van der Waals surface area contributed by atoms with Crippen molar-refractivity contribution in [3.63, 3.8) is 0 Å². The van der Waals surface area contributed by atoms with E-state index < -0.39 is 0 Å². The van der Waals surface area contributed by atoms with Gasteiger partial charge in [0.05, 0.1) is 57.0 Å². The van der Waals surface area contributed by atoms with E-state index in [9.17, 15) is 5.26 Å². The number of benzene rings is 10. The second kappa shape index (κ2) is 15.1. The molecule has 0 atom stereocenters. The van der Waals surface area contributed by atoms with Crippen LogP contribution in [0.5, 0.6) is 0 Å². The van der Waals surface area contributed by atoms with E-state index in [1.807, 2.05) is 6.07 Å². The molecule has 0 unspecified atom stereocenters. The Morgan fingerprint density at radius 3 is 1.51 bits per heavy atom. The van der Waals surface area contributed by atoms with Crippen LogP contribution in [0.1, 0.15) is 5.56 Å². The molecule has 310 valence electrons. The van der Waals surface area contributed by atoms with Crippen LogP contribution >= 0.6 is 0 Å². The van der Waals surface area contributed by atoms with Crippen LogP contribution in [0.15, 0.2) is 224 Å². The van der Waals surface area contributed by atoms with Crippen LogP contribution < -0.4 is 0 Å². The second-order valence-corrected chi connectivity index (χ2v) is 17.1. The molecule has 0 N–H and O–H groups in total. The predicted octanol–water partition coefficient (Wildman–Crippen LogP) is 16.4. The highest BCUT2D eigenvalue weighted by atomic mass is 15.0. The summed E-state index contributed by atoms with van der Waals surface area (Å²) in [6, 6.07) is 81.6. The van der Waals surface area contributed by atoms with Gasteiger partial charge in [-0.2, -0.15) is 5.26 Å². The summed E-state index contributed by atoms with van der Waals surface area (Å²) in [4.78, 5) is 3.97. The molecule has 3 aromatic heterocycles. The minimum absolute atomic E-state index is 0.495. The van der Waals surface area contributed by atoms with E-state index in [2.05, 4.69) is 231 Å². The number of aromatic nitrogens is 3. The minimum atomic E-state index is 0.495. The summed E-state index contributed by atoms with van der Waals surface area (Å²) < 4.78 is 7.31. The Bertz CT molecular complexity index is 4100. The van der Waals surface area contributed by atoms with E-state index in [4.69, 9.17) is 6.57 Å². The average molecular weight is 852 g/mol. The van der Waals surface area contributed by atoms with Crippen LogP contribution in [0, 0.1) is 17.9 Å². The lowest BCUT2D eigenvalue weighted by atomic mass is 9.89. The van der Waals surface area contributed by atoms with Gasteiger partial charge in [-0.3, -0.25) is 0 Å². The van der Waals surface area contributed by atoms with Crippen LogP contribution in [0.25, 0.3) is 121 Å². The largest absolute Gasteiger partial charge is 0.309 e. The van der Waals surface area contributed by atoms with E-state index in [0.717, 1.165) is 105 Å². The molecule has 67 heavy (non-hydrogen) atoms. The van der Waals surface area contributed by atoms with Gasteiger partial charge in [0.25, 0.3) is 0 Å². The van der Waals surface area contributed by atoms with Gasteiger partial charge in [-0.1, -0.05) is 152 Å². The molecule has 0 bridgehead atoms. The third kappa shape index (κ3) is 5.79. The van der Waals surface area contributed by atoms with Crippen LogP contribution in [0.4, 0.5) is 5.69 Å². The topological polar surface area (TPSA) is 42.9 Å². The van der Waals surface area contributed by atoms with Gasteiger partial charge in [0, 0.05) is 54.8 Å². The molecule has 0 saturated heterocycles. The first-order valence-corrected chi connectivity index (χ1v) is 22.4. The van der Waals surface area contributed by atoms with Gasteiger partial charge in [-0.15, -0.1) is 0 Å². The van der Waals surface area contributed by atoms with Gasteiger partial charge in [-0.25, -0.2) is 4.85 Å². The highest BCUT2D eigenvalue weighted by molar-refractivity contribution is 6.27. The Morgan fingerprint density at radius 2 is 0.896 bits per heavy atom. The zero-order valence-electron chi connectivity index (χ0n) is 36.1. The molecular formula is C62H37N5. The number of hydrogen-bond acceptors (Lipinski definition) is 1. The number of rotatable bonds is 6. The molecule has 0 spiro atoms. The maximum absolute atomic E-state index is 10.1. The second-order valence-electron chi connectivity index (χ2n) is 17.1. The Hall–Kier alpha value is -9.42. The average Bonchev–Trinajstić information content (AvgIpc) is 4.04. The molecule has 5 nitrogen and oxygen atoms in total. The lowest BCUT2D eigenvalue weighted by Gasteiger charge is -2.22. The Morgan fingerprint density at radius 1 is 0.373 bits per heavy atom. The van der Waals surface area contributed by atoms with Crippen molar-refractivity contribution < 1.29 is 0 Å². The van der Waals surface area contributed by atoms with Crippen molar-refractivity contribution in [3.05, 3.63) is 241 Å². The summed E-state index contributed by atoms with van der Waals surface area (Å²) in [7, 11) is 0. The number of nitrogens with zero attached hydrogens (tertiary/aromatic N) is 5. The Balaban J connectivity index is 1.24. The van der Waals surface area contributed by atoms with Gasteiger partial charge in [0.15, 0.2) is 5.69 Å². The summed E-state index contributed by atoms with van der Waals surface area (Å²) >= 11 is 0. The van der Waals surface area contributed by atoms with E-state index in [1.165, 1.54) is 10.8 Å². The highest BCUT2D eigenvalue weighted by Crippen LogP contribution is 2.48. The number of nitriles is 1. The minimum Gasteiger partial charge on any atom is -0.309 e. The molecule has 0 aliphatic rings. The molecule has 0 aliphatic carbocycles. The molecule has 0 radical (unpaired) electrons. The fourth-order valence-corrected chi connectivity index (χ4v) is 10.6. The monoisotopic (exact) mass is 851 g/mol. The summed E-state index contributed by atoms with van der Waals surface area (Å²) in [5, 5.41) is 17.1. The third-order valence-corrected chi connectivity index (χ3v) is 13.5. The lowest BCUT2D eigenvalue weighted by Crippen LogP contribution is -2.02. The lowest BCUT2D eigenvalue weighted by molar-refractivity contribution is 1.17. The summed E-state index contributed by atoms with van der Waals surface area (Å²) in [6.45, 7) is 8.23. The molecule has 13 aromatic rings. The Labute approximate surface area is 386 Å². The third-order valence-electron chi connectivity index (χ3n) is 13.5. The van der Waals surface area contributed by atoms with E-state index in [-0.39, 0.29) is 0 Å². The molecule has 10 aromatic carbocycles. The molecule has 0 aliphatic heterocycles. The van der Waals surface area contributed by atoms with Crippen molar-refractivity contribution in [1.29, 1.82) is 5.26 Å².